The van der Waals surface area contributed by atoms with Gasteiger partial charge in [0.25, 0.3) is 5.91 Å². The lowest BCUT2D eigenvalue weighted by molar-refractivity contribution is -0.140. The summed E-state index contributed by atoms with van der Waals surface area (Å²) in [4.78, 5) is 35.8. The molecular formula is C25H30ClN3O6S2. The first-order valence-corrected chi connectivity index (χ1v) is 14.4. The Bertz CT molecular complexity index is 1270. The second kappa shape index (κ2) is 12.4. The van der Waals surface area contributed by atoms with Crippen molar-refractivity contribution in [2.75, 3.05) is 13.7 Å². The molecule has 37 heavy (non-hydrogen) atoms. The third-order valence-electron chi connectivity index (χ3n) is 6.19. The van der Waals surface area contributed by atoms with Crippen LogP contribution in [0.5, 0.6) is 0 Å². The maximum Gasteiger partial charge on any atom is 0.305 e. The van der Waals surface area contributed by atoms with Crippen molar-refractivity contribution in [1.29, 1.82) is 0 Å². The minimum absolute atomic E-state index is 0.107. The molecule has 1 amide bonds. The average Bonchev–Trinajstić information content (AvgIpc) is 2.85. The predicted octanol–water partition coefficient (Wildman–Crippen LogP) is 4.20. The van der Waals surface area contributed by atoms with Gasteiger partial charge in [-0.15, -0.1) is 4.91 Å². The Morgan fingerprint density at radius 1 is 1.19 bits per heavy atom. The lowest BCUT2D eigenvalue weighted by Gasteiger charge is -2.28. The van der Waals surface area contributed by atoms with Crippen LogP contribution >= 0.6 is 23.5 Å². The van der Waals surface area contributed by atoms with Gasteiger partial charge in [-0.25, -0.2) is 13.1 Å². The first-order valence-electron chi connectivity index (χ1n) is 11.7. The quantitative estimate of drug-likeness (QED) is 0.236. The van der Waals surface area contributed by atoms with Gasteiger partial charge < -0.3 is 10.1 Å². The number of nitroso groups, excluding NO2 is 1. The molecule has 9 nitrogen and oxygen atoms in total. The molecule has 1 aliphatic carbocycles. The summed E-state index contributed by atoms with van der Waals surface area (Å²) in [6.45, 7) is 3.83. The first-order chi connectivity index (χ1) is 17.5. The van der Waals surface area contributed by atoms with E-state index in [2.05, 4.69) is 14.6 Å². The lowest BCUT2D eigenvalue weighted by Crippen LogP contribution is -2.39. The van der Waals surface area contributed by atoms with Crippen molar-refractivity contribution < 1.29 is 22.7 Å². The Balaban J connectivity index is 1.83. The van der Waals surface area contributed by atoms with Crippen molar-refractivity contribution in [3.63, 3.8) is 0 Å². The summed E-state index contributed by atoms with van der Waals surface area (Å²) >= 11 is 6.73. The van der Waals surface area contributed by atoms with Crippen LogP contribution in [0.1, 0.15) is 53.7 Å². The number of methoxy groups -OCH3 is 1. The maximum absolute atomic E-state index is 13.1. The highest BCUT2D eigenvalue weighted by Gasteiger charge is 2.28. The van der Waals surface area contributed by atoms with E-state index in [-0.39, 0.29) is 35.8 Å². The van der Waals surface area contributed by atoms with Gasteiger partial charge in [0.1, 0.15) is 0 Å². The highest BCUT2D eigenvalue weighted by Crippen LogP contribution is 2.30. The van der Waals surface area contributed by atoms with E-state index in [0.717, 1.165) is 28.6 Å². The van der Waals surface area contributed by atoms with Crippen LogP contribution in [0.3, 0.4) is 0 Å². The monoisotopic (exact) mass is 567 g/mol. The molecule has 1 atom stereocenters. The molecule has 0 aliphatic heterocycles. The Morgan fingerprint density at radius 2 is 1.89 bits per heavy atom. The van der Waals surface area contributed by atoms with Crippen LogP contribution < -0.4 is 10.0 Å². The third-order valence-corrected chi connectivity index (χ3v) is 8.70. The summed E-state index contributed by atoms with van der Waals surface area (Å²) < 4.78 is 35.6. The average molecular weight is 568 g/mol. The molecule has 2 aromatic rings. The van der Waals surface area contributed by atoms with E-state index < -0.39 is 14.8 Å². The van der Waals surface area contributed by atoms with Gasteiger partial charge in [0.05, 0.1) is 16.8 Å². The molecule has 0 aromatic heterocycles. The number of esters is 1. The van der Waals surface area contributed by atoms with Gasteiger partial charge >= 0.3 is 5.97 Å². The molecule has 0 saturated heterocycles. The lowest BCUT2D eigenvalue weighted by atomic mass is 9.82. The van der Waals surface area contributed by atoms with Gasteiger partial charge in [-0.2, -0.15) is 0 Å². The normalized spacial score (nSPS) is 15.5. The van der Waals surface area contributed by atoms with Crippen molar-refractivity contribution >= 4 is 45.4 Å². The number of benzene rings is 2. The summed E-state index contributed by atoms with van der Waals surface area (Å²) in [6, 6.07) is 9.19. The molecule has 2 aromatic carbocycles. The Hall–Kier alpha value is -2.47. The molecule has 1 aliphatic rings. The number of carbonyl (C=O) groups excluding carboxylic acids is 2. The van der Waals surface area contributed by atoms with Gasteiger partial charge in [0.2, 0.25) is 10.0 Å². The molecule has 12 heteroatoms. The number of rotatable bonds is 11. The van der Waals surface area contributed by atoms with Gasteiger partial charge in [-0.05, 0) is 86.6 Å². The summed E-state index contributed by atoms with van der Waals surface area (Å²) in [7, 11) is -2.41. The first kappa shape index (κ1) is 29.1. The molecule has 0 spiro atoms. The molecule has 2 N–H and O–H groups in total. The number of carbonyl (C=O) groups is 2. The number of hydrogen-bond donors (Lipinski definition) is 2. The van der Waals surface area contributed by atoms with E-state index in [1.165, 1.54) is 31.4 Å². The fraction of sp³-hybridized carbons (Fsp3) is 0.440. The zero-order valence-electron chi connectivity index (χ0n) is 20.9. The minimum atomic E-state index is -3.73. The van der Waals surface area contributed by atoms with Gasteiger partial charge in [-0.3, -0.25) is 9.59 Å². The van der Waals surface area contributed by atoms with E-state index in [0.29, 0.717) is 36.3 Å². The van der Waals surface area contributed by atoms with Crippen LogP contribution in [0.25, 0.3) is 0 Å². The van der Waals surface area contributed by atoms with Gasteiger partial charge in [0, 0.05) is 46.1 Å². The molecular weight excluding hydrogens is 538 g/mol. The van der Waals surface area contributed by atoms with Gasteiger partial charge in [-0.1, -0.05) is 17.7 Å². The zero-order chi connectivity index (χ0) is 27.2. The Labute approximate surface area is 226 Å². The van der Waals surface area contributed by atoms with Crippen molar-refractivity contribution in [2.45, 2.75) is 61.6 Å². The van der Waals surface area contributed by atoms with E-state index in [9.17, 15) is 22.9 Å². The molecule has 200 valence electrons. The zero-order valence-corrected chi connectivity index (χ0v) is 23.3. The fourth-order valence-corrected chi connectivity index (χ4v) is 6.02. The Kier molecular flexibility index (Phi) is 9.74. The standard InChI is InChI=1S/C25H30ClN3O6S2/c1-25(2,36-29-32)15-27-24(31)22-10-4-16-14-18(7-11-20(16)21(22)12-13-23(30)35-3)28-37(33,34)19-8-5-17(26)6-9-19/h4-6,8-10,18,28H,7,11-15H2,1-3H3,(H,27,31). The predicted molar refractivity (Wildman–Crippen MR) is 144 cm³/mol. The van der Waals surface area contributed by atoms with Gasteiger partial charge in [0.15, 0.2) is 0 Å². The van der Waals surface area contributed by atoms with E-state index in [1.807, 2.05) is 6.07 Å². The summed E-state index contributed by atoms with van der Waals surface area (Å²) in [5.74, 6) is -0.698. The Morgan fingerprint density at radius 3 is 2.54 bits per heavy atom. The number of fused-ring (bicyclic) bond motifs is 1. The second-order valence-corrected chi connectivity index (χ2v) is 13.0. The third kappa shape index (κ3) is 7.76. The van der Waals surface area contributed by atoms with Crippen LogP contribution in [-0.2, 0) is 38.8 Å². The number of hydrogen-bond acceptors (Lipinski definition) is 8. The molecule has 0 saturated carbocycles. The number of nitrogens with one attached hydrogen (secondary N) is 2. The molecule has 0 heterocycles. The smallest absolute Gasteiger partial charge is 0.305 e. The number of sulfonamides is 1. The van der Waals surface area contributed by atoms with E-state index in [1.54, 1.807) is 19.9 Å². The summed E-state index contributed by atoms with van der Waals surface area (Å²) in [5.41, 5.74) is 3.07. The molecule has 0 fully saturated rings. The summed E-state index contributed by atoms with van der Waals surface area (Å²) in [6.07, 6.45) is 1.94. The van der Waals surface area contributed by atoms with Crippen LogP contribution in [0.2, 0.25) is 5.02 Å². The van der Waals surface area contributed by atoms with Crippen molar-refractivity contribution in [3.05, 3.63) is 68.6 Å². The topological polar surface area (TPSA) is 131 Å². The number of nitrogens with zero attached hydrogens (tertiary/aromatic N) is 1. The molecule has 0 radical (unpaired) electrons. The summed E-state index contributed by atoms with van der Waals surface area (Å²) in [5, 5.41) is 3.31. The van der Waals surface area contributed by atoms with Crippen molar-refractivity contribution in [3.8, 4) is 0 Å². The second-order valence-electron chi connectivity index (χ2n) is 9.43. The minimum Gasteiger partial charge on any atom is -0.469 e. The molecule has 0 bridgehead atoms. The molecule has 3 rings (SSSR count). The van der Waals surface area contributed by atoms with Crippen molar-refractivity contribution in [2.24, 2.45) is 4.58 Å². The van der Waals surface area contributed by atoms with Crippen LogP contribution in [0.15, 0.2) is 45.9 Å². The number of ether oxygens (including phenoxy) is 1. The van der Waals surface area contributed by atoms with E-state index >= 15 is 0 Å². The van der Waals surface area contributed by atoms with Crippen LogP contribution in [-0.4, -0.2) is 44.7 Å². The van der Waals surface area contributed by atoms with Crippen molar-refractivity contribution in [1.82, 2.24) is 10.0 Å². The fourth-order valence-electron chi connectivity index (χ4n) is 4.28. The maximum atomic E-state index is 13.1. The SMILES string of the molecule is COC(=O)CCc1c(C(=O)NCC(C)(C)SN=O)ccc2c1CCC(NS(=O)(=O)c1ccc(Cl)cc1)C2. The highest BCUT2D eigenvalue weighted by molar-refractivity contribution is 7.99. The largest absolute Gasteiger partial charge is 0.469 e. The molecule has 1 unspecified atom stereocenters. The highest BCUT2D eigenvalue weighted by atomic mass is 35.5. The van der Waals surface area contributed by atoms with E-state index in [4.69, 9.17) is 16.3 Å². The van der Waals surface area contributed by atoms with Crippen LogP contribution in [0, 0.1) is 4.91 Å². The number of halogens is 1. The number of amides is 1. The van der Waals surface area contributed by atoms with Crippen LogP contribution in [0.4, 0.5) is 0 Å².